The van der Waals surface area contributed by atoms with Gasteiger partial charge in [0.05, 0.1) is 24.5 Å². The van der Waals surface area contributed by atoms with Crippen molar-refractivity contribution in [1.82, 2.24) is 4.98 Å². The van der Waals surface area contributed by atoms with Gasteiger partial charge in [-0.2, -0.15) is 0 Å². The molecule has 0 spiro atoms. The molecule has 5 nitrogen and oxygen atoms in total. The lowest BCUT2D eigenvalue weighted by Crippen LogP contribution is -2.19. The summed E-state index contributed by atoms with van der Waals surface area (Å²) < 4.78 is 5.12. The molecule has 0 saturated heterocycles. The van der Waals surface area contributed by atoms with Gasteiger partial charge >= 0.3 is 6.03 Å². The summed E-state index contributed by atoms with van der Waals surface area (Å²) >= 11 is 0. The van der Waals surface area contributed by atoms with E-state index in [4.69, 9.17) is 4.74 Å². The van der Waals surface area contributed by atoms with E-state index in [1.54, 1.807) is 25.4 Å². The van der Waals surface area contributed by atoms with Crippen molar-refractivity contribution in [1.29, 1.82) is 0 Å². The topological polar surface area (TPSA) is 63.2 Å². The number of para-hydroxylation sites is 1. The van der Waals surface area contributed by atoms with E-state index >= 15 is 0 Å². The first-order chi connectivity index (χ1) is 10.7. The minimum atomic E-state index is -0.328. The second-order valence-electron chi connectivity index (χ2n) is 4.73. The van der Waals surface area contributed by atoms with Crippen LogP contribution >= 0.6 is 0 Å². The Morgan fingerprint density at radius 1 is 1.00 bits per heavy atom. The number of aromatic nitrogens is 1. The number of ether oxygens (including phenoxy) is 1. The Morgan fingerprint density at radius 2 is 1.82 bits per heavy atom. The molecule has 0 atom stereocenters. The number of hydrogen-bond donors (Lipinski definition) is 2. The minimum absolute atomic E-state index is 0.328. The number of hydrogen-bond acceptors (Lipinski definition) is 3. The Labute approximate surface area is 127 Å². The SMILES string of the molecule is COc1cccc(NC(=O)Nc2cnc3ccccc3c2)c1. The van der Waals surface area contributed by atoms with E-state index < -0.39 is 0 Å². The Hall–Kier alpha value is -3.08. The van der Waals surface area contributed by atoms with Crippen molar-refractivity contribution in [2.24, 2.45) is 0 Å². The largest absolute Gasteiger partial charge is 0.497 e. The normalized spacial score (nSPS) is 10.2. The maximum absolute atomic E-state index is 12.0. The first-order valence-electron chi connectivity index (χ1n) is 6.81. The third-order valence-electron chi connectivity index (χ3n) is 3.18. The van der Waals surface area contributed by atoms with Crippen molar-refractivity contribution >= 4 is 28.3 Å². The van der Waals surface area contributed by atoms with E-state index in [0.29, 0.717) is 17.1 Å². The lowest BCUT2D eigenvalue weighted by atomic mass is 10.2. The molecule has 3 aromatic rings. The summed E-state index contributed by atoms with van der Waals surface area (Å²) in [6, 6.07) is 16.5. The summed E-state index contributed by atoms with van der Waals surface area (Å²) in [6.45, 7) is 0. The zero-order valence-corrected chi connectivity index (χ0v) is 12.0. The second kappa shape index (κ2) is 6.13. The molecule has 0 saturated carbocycles. The van der Waals surface area contributed by atoms with Gasteiger partial charge in [0.1, 0.15) is 5.75 Å². The molecule has 0 aliphatic heterocycles. The number of nitrogens with zero attached hydrogens (tertiary/aromatic N) is 1. The number of carbonyl (C=O) groups excluding carboxylic acids is 1. The van der Waals surface area contributed by atoms with Gasteiger partial charge in [-0.1, -0.05) is 24.3 Å². The van der Waals surface area contributed by atoms with Crippen LogP contribution < -0.4 is 15.4 Å². The van der Waals surface area contributed by atoms with Crippen LogP contribution in [0, 0.1) is 0 Å². The molecule has 0 aliphatic carbocycles. The van der Waals surface area contributed by atoms with Gasteiger partial charge in [0.2, 0.25) is 0 Å². The quantitative estimate of drug-likeness (QED) is 0.770. The van der Waals surface area contributed by atoms with E-state index in [0.717, 1.165) is 10.9 Å². The number of nitrogens with one attached hydrogen (secondary N) is 2. The predicted octanol–water partition coefficient (Wildman–Crippen LogP) is 3.89. The fraction of sp³-hybridized carbons (Fsp3) is 0.0588. The van der Waals surface area contributed by atoms with Crippen LogP contribution in [-0.2, 0) is 0 Å². The van der Waals surface area contributed by atoms with Gasteiger partial charge < -0.3 is 15.4 Å². The highest BCUT2D eigenvalue weighted by Gasteiger charge is 2.04. The first kappa shape index (κ1) is 13.9. The van der Waals surface area contributed by atoms with Crippen LogP contribution in [0.15, 0.2) is 60.8 Å². The Morgan fingerprint density at radius 3 is 2.68 bits per heavy atom. The van der Waals surface area contributed by atoms with Gasteiger partial charge in [-0.15, -0.1) is 0 Å². The molecule has 5 heteroatoms. The summed E-state index contributed by atoms with van der Waals surface area (Å²) in [5.74, 6) is 0.685. The summed E-state index contributed by atoms with van der Waals surface area (Å²) in [7, 11) is 1.58. The van der Waals surface area contributed by atoms with Crippen LogP contribution in [0.5, 0.6) is 5.75 Å². The molecule has 2 aromatic carbocycles. The number of methoxy groups -OCH3 is 1. The third-order valence-corrected chi connectivity index (χ3v) is 3.18. The van der Waals surface area contributed by atoms with Crippen LogP contribution in [-0.4, -0.2) is 18.1 Å². The molecule has 1 heterocycles. The highest BCUT2D eigenvalue weighted by molar-refractivity contribution is 6.00. The predicted molar refractivity (Wildman–Crippen MR) is 87.4 cm³/mol. The van der Waals surface area contributed by atoms with Crippen LogP contribution in [0.3, 0.4) is 0 Å². The maximum Gasteiger partial charge on any atom is 0.323 e. The monoisotopic (exact) mass is 293 g/mol. The zero-order chi connectivity index (χ0) is 15.4. The van der Waals surface area contributed by atoms with Gasteiger partial charge in [0.25, 0.3) is 0 Å². The molecular formula is C17H15N3O2. The smallest absolute Gasteiger partial charge is 0.323 e. The summed E-state index contributed by atoms with van der Waals surface area (Å²) in [6.07, 6.45) is 1.63. The van der Waals surface area contributed by atoms with E-state index in [2.05, 4.69) is 15.6 Å². The average Bonchev–Trinajstić information content (AvgIpc) is 2.55. The van der Waals surface area contributed by atoms with Gasteiger partial charge in [-0.3, -0.25) is 4.98 Å². The number of pyridine rings is 1. The van der Waals surface area contributed by atoms with E-state index in [-0.39, 0.29) is 6.03 Å². The fourth-order valence-corrected chi connectivity index (χ4v) is 2.13. The molecule has 0 bridgehead atoms. The average molecular weight is 293 g/mol. The van der Waals surface area contributed by atoms with Crippen LogP contribution in [0.2, 0.25) is 0 Å². The third kappa shape index (κ3) is 3.15. The Kier molecular flexibility index (Phi) is 3.87. The summed E-state index contributed by atoms with van der Waals surface area (Å²) in [5, 5.41) is 6.50. The van der Waals surface area contributed by atoms with Crippen molar-refractivity contribution in [3.8, 4) is 5.75 Å². The molecule has 22 heavy (non-hydrogen) atoms. The molecule has 0 fully saturated rings. The maximum atomic E-state index is 12.0. The summed E-state index contributed by atoms with van der Waals surface area (Å²) in [5.41, 5.74) is 2.19. The molecule has 2 amide bonds. The Balaban J connectivity index is 1.72. The van der Waals surface area contributed by atoms with E-state index in [9.17, 15) is 4.79 Å². The number of rotatable bonds is 3. The zero-order valence-electron chi connectivity index (χ0n) is 12.0. The molecule has 0 aliphatic rings. The molecule has 2 N–H and O–H groups in total. The molecule has 1 aromatic heterocycles. The molecular weight excluding hydrogens is 278 g/mol. The van der Waals surface area contributed by atoms with Crippen molar-refractivity contribution in [2.75, 3.05) is 17.7 Å². The molecule has 0 unspecified atom stereocenters. The minimum Gasteiger partial charge on any atom is -0.497 e. The first-order valence-corrected chi connectivity index (χ1v) is 6.81. The van der Waals surface area contributed by atoms with Crippen LogP contribution in [0.1, 0.15) is 0 Å². The molecule has 110 valence electrons. The highest BCUT2D eigenvalue weighted by atomic mass is 16.5. The number of benzene rings is 2. The van der Waals surface area contributed by atoms with Gasteiger partial charge in [-0.05, 0) is 24.3 Å². The standard InChI is InChI=1S/C17H15N3O2/c1-22-15-7-4-6-13(10-15)19-17(21)20-14-9-12-5-2-3-8-16(12)18-11-14/h2-11H,1H3,(H2,19,20,21). The van der Waals surface area contributed by atoms with Gasteiger partial charge in [-0.25, -0.2) is 4.79 Å². The van der Waals surface area contributed by atoms with Gasteiger partial charge in [0.15, 0.2) is 0 Å². The fourth-order valence-electron chi connectivity index (χ4n) is 2.13. The van der Waals surface area contributed by atoms with E-state index in [1.165, 1.54) is 0 Å². The van der Waals surface area contributed by atoms with Crippen molar-refractivity contribution < 1.29 is 9.53 Å². The van der Waals surface area contributed by atoms with Crippen molar-refractivity contribution in [3.63, 3.8) is 0 Å². The number of urea groups is 1. The Bertz CT molecular complexity index is 818. The number of carbonyl (C=O) groups is 1. The van der Waals surface area contributed by atoms with Crippen molar-refractivity contribution in [2.45, 2.75) is 0 Å². The summed E-state index contributed by atoms with van der Waals surface area (Å²) in [4.78, 5) is 16.3. The lowest BCUT2D eigenvalue weighted by molar-refractivity contribution is 0.262. The number of anilines is 2. The highest BCUT2D eigenvalue weighted by Crippen LogP contribution is 2.18. The van der Waals surface area contributed by atoms with Crippen LogP contribution in [0.4, 0.5) is 16.2 Å². The lowest BCUT2D eigenvalue weighted by Gasteiger charge is -2.09. The molecule has 0 radical (unpaired) electrons. The van der Waals surface area contributed by atoms with E-state index in [1.807, 2.05) is 42.5 Å². The van der Waals surface area contributed by atoms with Gasteiger partial charge in [0, 0.05) is 17.1 Å². The number of fused-ring (bicyclic) bond motifs is 1. The number of amides is 2. The molecule has 3 rings (SSSR count). The van der Waals surface area contributed by atoms with Crippen LogP contribution in [0.25, 0.3) is 10.9 Å². The second-order valence-corrected chi connectivity index (χ2v) is 4.73. The van der Waals surface area contributed by atoms with Crippen molar-refractivity contribution in [3.05, 3.63) is 60.8 Å².